The fourth-order valence-electron chi connectivity index (χ4n) is 3.39. The monoisotopic (exact) mass is 367 g/mol. The van der Waals surface area contributed by atoms with Crippen molar-refractivity contribution < 1.29 is 0 Å². The molecule has 4 heterocycles. The molecule has 0 saturated carbocycles. The van der Waals surface area contributed by atoms with Crippen molar-refractivity contribution in [1.29, 1.82) is 0 Å². The molecule has 132 valence electrons. The molecule has 1 unspecified atom stereocenters. The van der Waals surface area contributed by atoms with E-state index in [-0.39, 0.29) is 11.6 Å². The largest absolute Gasteiger partial charge is 0.365 e. The van der Waals surface area contributed by atoms with Gasteiger partial charge in [-0.2, -0.15) is 5.10 Å². The minimum absolute atomic E-state index is 0.106. The zero-order chi connectivity index (χ0) is 17.9. The molecule has 7 heteroatoms. The fraction of sp³-hybridized carbons (Fsp3) is 0.263. The summed E-state index contributed by atoms with van der Waals surface area (Å²) in [7, 11) is 0. The molecule has 0 bridgehead atoms. The van der Waals surface area contributed by atoms with Crippen molar-refractivity contribution in [3.05, 3.63) is 70.5 Å². The number of rotatable bonds is 4. The number of hydrogen-bond acceptors (Lipinski definition) is 5. The van der Waals surface area contributed by atoms with E-state index in [1.54, 1.807) is 41.6 Å². The van der Waals surface area contributed by atoms with E-state index < -0.39 is 0 Å². The number of aromatic nitrogens is 4. The maximum Gasteiger partial charge on any atom is 0.266 e. The molecular weight excluding hydrogens is 350 g/mol. The summed E-state index contributed by atoms with van der Waals surface area (Å²) in [6, 6.07) is 9.18. The highest BCUT2D eigenvalue weighted by molar-refractivity contribution is 6.33. The molecule has 1 saturated heterocycles. The van der Waals surface area contributed by atoms with Crippen molar-refractivity contribution in [2.24, 2.45) is 0 Å². The summed E-state index contributed by atoms with van der Waals surface area (Å²) < 4.78 is 1.54. The Hall–Kier alpha value is -2.73. The summed E-state index contributed by atoms with van der Waals surface area (Å²) in [5.74, 6) is 0. The van der Waals surface area contributed by atoms with Gasteiger partial charge in [0.2, 0.25) is 0 Å². The summed E-state index contributed by atoms with van der Waals surface area (Å²) in [6.45, 7) is 1.43. The zero-order valence-corrected chi connectivity index (χ0v) is 14.9. The van der Waals surface area contributed by atoms with Crippen LogP contribution in [0, 0.1) is 0 Å². The normalized spacial score (nSPS) is 16.8. The Morgan fingerprint density at radius 3 is 2.81 bits per heavy atom. The van der Waals surface area contributed by atoms with Crippen LogP contribution in [0.3, 0.4) is 0 Å². The van der Waals surface area contributed by atoms with Crippen molar-refractivity contribution in [2.75, 3.05) is 11.4 Å². The molecule has 6 nitrogen and oxygen atoms in total. The Labute approximate surface area is 156 Å². The van der Waals surface area contributed by atoms with Gasteiger partial charge in [0, 0.05) is 49.0 Å². The summed E-state index contributed by atoms with van der Waals surface area (Å²) in [4.78, 5) is 22.8. The first-order valence-corrected chi connectivity index (χ1v) is 8.95. The maximum absolute atomic E-state index is 12.3. The van der Waals surface area contributed by atoms with Gasteiger partial charge in [0.1, 0.15) is 0 Å². The van der Waals surface area contributed by atoms with E-state index in [0.29, 0.717) is 11.6 Å². The highest BCUT2D eigenvalue weighted by Gasteiger charge is 2.27. The Morgan fingerprint density at radius 2 is 2.00 bits per heavy atom. The lowest BCUT2D eigenvalue weighted by atomic mass is 10.2. The molecule has 0 radical (unpaired) electrons. The van der Waals surface area contributed by atoms with E-state index in [4.69, 9.17) is 11.6 Å². The van der Waals surface area contributed by atoms with E-state index >= 15 is 0 Å². The van der Waals surface area contributed by atoms with Crippen molar-refractivity contribution >= 4 is 17.3 Å². The maximum atomic E-state index is 12.3. The van der Waals surface area contributed by atoms with E-state index in [0.717, 1.165) is 36.3 Å². The summed E-state index contributed by atoms with van der Waals surface area (Å²) in [5, 5.41) is 5.18. The van der Waals surface area contributed by atoms with Crippen molar-refractivity contribution in [3.8, 4) is 11.3 Å². The molecule has 1 aliphatic rings. The lowest BCUT2D eigenvalue weighted by Crippen LogP contribution is -2.37. The van der Waals surface area contributed by atoms with Gasteiger partial charge in [-0.15, -0.1) is 0 Å². The molecule has 26 heavy (non-hydrogen) atoms. The van der Waals surface area contributed by atoms with Gasteiger partial charge in [-0.3, -0.25) is 14.8 Å². The van der Waals surface area contributed by atoms with E-state index in [1.165, 1.54) is 0 Å². The predicted octanol–water partition coefficient (Wildman–Crippen LogP) is 3.02. The molecule has 1 aliphatic heterocycles. The van der Waals surface area contributed by atoms with Crippen LogP contribution in [0.1, 0.15) is 12.8 Å². The van der Waals surface area contributed by atoms with Crippen LogP contribution in [0.25, 0.3) is 11.3 Å². The van der Waals surface area contributed by atoms with Crippen LogP contribution in [-0.2, 0) is 6.54 Å². The minimum Gasteiger partial charge on any atom is -0.365 e. The first kappa shape index (κ1) is 16.7. The van der Waals surface area contributed by atoms with Gasteiger partial charge in [0.15, 0.2) is 0 Å². The molecule has 0 aromatic carbocycles. The van der Waals surface area contributed by atoms with Gasteiger partial charge in [-0.1, -0.05) is 11.6 Å². The van der Waals surface area contributed by atoms with Crippen molar-refractivity contribution in [2.45, 2.75) is 25.4 Å². The molecule has 0 N–H and O–H groups in total. The topological polar surface area (TPSA) is 63.9 Å². The Bertz CT molecular complexity index is 959. The van der Waals surface area contributed by atoms with Crippen LogP contribution in [0.15, 0.2) is 59.9 Å². The molecule has 4 rings (SSSR count). The molecule has 0 amide bonds. The minimum atomic E-state index is -0.106. The molecule has 3 aromatic heterocycles. The summed E-state index contributed by atoms with van der Waals surface area (Å²) in [6.07, 6.45) is 8.90. The lowest BCUT2D eigenvalue weighted by molar-refractivity contribution is 0.490. The summed E-state index contributed by atoms with van der Waals surface area (Å²) in [5.41, 5.74) is 2.48. The molecule has 3 aromatic rings. The van der Waals surface area contributed by atoms with E-state index in [9.17, 15) is 4.79 Å². The third kappa shape index (κ3) is 3.32. The standard InChI is InChI=1S/C19H18ClN5O/c20-16-12-22-9-7-18(16)24-10-2-4-15(24)13-25-19(26)6-5-17(23-25)14-3-1-8-21-11-14/h1,3,5-9,11-12,15H,2,4,10,13H2. The molecule has 1 atom stereocenters. The van der Waals surface area contributed by atoms with Gasteiger partial charge in [-0.25, -0.2) is 4.68 Å². The quantitative estimate of drug-likeness (QED) is 0.709. The zero-order valence-electron chi connectivity index (χ0n) is 14.1. The first-order valence-electron chi connectivity index (χ1n) is 8.57. The molecule has 1 fully saturated rings. The predicted molar refractivity (Wildman–Crippen MR) is 101 cm³/mol. The van der Waals surface area contributed by atoms with Gasteiger partial charge >= 0.3 is 0 Å². The first-order chi connectivity index (χ1) is 12.7. The number of anilines is 1. The molecule has 0 aliphatic carbocycles. The van der Waals surface area contributed by atoms with Crippen LogP contribution in [0.2, 0.25) is 5.02 Å². The Kier molecular flexibility index (Phi) is 4.67. The van der Waals surface area contributed by atoms with Crippen LogP contribution in [0.4, 0.5) is 5.69 Å². The van der Waals surface area contributed by atoms with E-state index in [2.05, 4.69) is 20.0 Å². The van der Waals surface area contributed by atoms with Crippen molar-refractivity contribution in [3.63, 3.8) is 0 Å². The average Bonchev–Trinajstić information content (AvgIpc) is 3.12. The van der Waals surface area contributed by atoms with Crippen LogP contribution >= 0.6 is 11.6 Å². The molecular formula is C19H18ClN5O. The number of hydrogen-bond donors (Lipinski definition) is 0. The smallest absolute Gasteiger partial charge is 0.266 e. The fourth-order valence-corrected chi connectivity index (χ4v) is 3.62. The van der Waals surface area contributed by atoms with Crippen LogP contribution < -0.4 is 10.5 Å². The second-order valence-electron chi connectivity index (χ2n) is 6.30. The Balaban J connectivity index is 1.62. The highest BCUT2D eigenvalue weighted by Crippen LogP contribution is 2.31. The second kappa shape index (κ2) is 7.25. The number of halogens is 1. The number of pyridine rings is 2. The van der Waals surface area contributed by atoms with E-state index in [1.807, 2.05) is 18.2 Å². The summed E-state index contributed by atoms with van der Waals surface area (Å²) >= 11 is 6.31. The third-order valence-electron chi connectivity index (χ3n) is 4.65. The lowest BCUT2D eigenvalue weighted by Gasteiger charge is -2.27. The van der Waals surface area contributed by atoms with Gasteiger partial charge in [0.05, 0.1) is 22.9 Å². The van der Waals surface area contributed by atoms with Crippen molar-refractivity contribution in [1.82, 2.24) is 19.7 Å². The molecule has 0 spiro atoms. The Morgan fingerprint density at radius 1 is 1.12 bits per heavy atom. The average molecular weight is 368 g/mol. The van der Waals surface area contributed by atoms with Crippen LogP contribution in [-0.4, -0.2) is 32.3 Å². The van der Waals surface area contributed by atoms with Gasteiger partial charge in [-0.05, 0) is 37.1 Å². The number of nitrogens with zero attached hydrogens (tertiary/aromatic N) is 5. The third-order valence-corrected chi connectivity index (χ3v) is 4.94. The second-order valence-corrected chi connectivity index (χ2v) is 6.70. The SMILES string of the molecule is O=c1ccc(-c2cccnc2)nn1CC1CCCN1c1ccncc1Cl. The van der Waals surface area contributed by atoms with Gasteiger partial charge in [0.25, 0.3) is 5.56 Å². The highest BCUT2D eigenvalue weighted by atomic mass is 35.5. The van der Waals surface area contributed by atoms with Gasteiger partial charge < -0.3 is 4.90 Å². The van der Waals surface area contributed by atoms with Crippen LogP contribution in [0.5, 0.6) is 0 Å².